The van der Waals surface area contributed by atoms with Crippen molar-refractivity contribution in [1.29, 1.82) is 0 Å². The second kappa shape index (κ2) is 6.64. The second-order valence-corrected chi connectivity index (χ2v) is 6.46. The van der Waals surface area contributed by atoms with E-state index < -0.39 is 17.4 Å². The number of carboxylic acids is 1. The average molecular weight is 298 g/mol. The molecule has 120 valence electrons. The lowest BCUT2D eigenvalue weighted by molar-refractivity contribution is -0.148. The first kappa shape index (κ1) is 16.1. The number of ether oxygens (including phenoxy) is 1. The normalized spacial score (nSPS) is 30.4. The molecule has 2 fully saturated rings. The summed E-state index contributed by atoms with van der Waals surface area (Å²) < 4.78 is 5.26. The van der Waals surface area contributed by atoms with E-state index in [0.717, 1.165) is 31.8 Å². The Morgan fingerprint density at radius 2 is 2.05 bits per heavy atom. The first-order valence-corrected chi connectivity index (χ1v) is 7.84. The highest BCUT2D eigenvalue weighted by Crippen LogP contribution is 2.29. The quantitative estimate of drug-likeness (QED) is 0.828. The molecule has 0 aromatic heterocycles. The predicted molar refractivity (Wildman–Crippen MR) is 78.1 cm³/mol. The van der Waals surface area contributed by atoms with Crippen LogP contribution in [0.15, 0.2) is 0 Å². The van der Waals surface area contributed by atoms with Crippen molar-refractivity contribution >= 4 is 12.0 Å². The number of aliphatic carboxylic acids is 1. The monoisotopic (exact) mass is 298 g/mol. The van der Waals surface area contributed by atoms with E-state index in [2.05, 4.69) is 12.2 Å². The Balaban J connectivity index is 1.86. The third kappa shape index (κ3) is 3.48. The number of carboxylic acid groups (broad SMARTS) is 1. The van der Waals surface area contributed by atoms with Gasteiger partial charge < -0.3 is 20.1 Å². The third-order valence-electron chi connectivity index (χ3n) is 4.84. The Labute approximate surface area is 125 Å². The Morgan fingerprint density at radius 3 is 2.62 bits per heavy atom. The largest absolute Gasteiger partial charge is 0.481 e. The van der Waals surface area contributed by atoms with Crippen LogP contribution in [0, 0.1) is 11.3 Å². The molecule has 2 atom stereocenters. The number of amides is 2. The SMILES string of the molecule is CCCC1CCN(C(=O)NC2COCC2(C)C(=O)O)CC1. The van der Waals surface area contributed by atoms with Gasteiger partial charge in [0.15, 0.2) is 0 Å². The van der Waals surface area contributed by atoms with Gasteiger partial charge in [-0.05, 0) is 25.7 Å². The van der Waals surface area contributed by atoms with E-state index in [0.29, 0.717) is 0 Å². The van der Waals surface area contributed by atoms with E-state index in [1.807, 2.05) is 0 Å². The fraction of sp³-hybridized carbons (Fsp3) is 0.867. The lowest BCUT2D eigenvalue weighted by Gasteiger charge is -2.34. The number of urea groups is 1. The van der Waals surface area contributed by atoms with Crippen molar-refractivity contribution in [3.8, 4) is 0 Å². The standard InChI is InChI=1S/C15H26N2O4/c1-3-4-11-5-7-17(8-6-11)14(20)16-12-9-21-10-15(12,2)13(18)19/h11-12H,3-10H2,1-2H3,(H,16,20)(H,18,19). The number of piperidine rings is 1. The zero-order chi connectivity index (χ0) is 15.5. The number of hydrogen-bond donors (Lipinski definition) is 2. The first-order valence-electron chi connectivity index (χ1n) is 7.84. The summed E-state index contributed by atoms with van der Waals surface area (Å²) in [5, 5.41) is 12.2. The van der Waals surface area contributed by atoms with Gasteiger partial charge in [-0.1, -0.05) is 19.8 Å². The number of hydrogen-bond acceptors (Lipinski definition) is 3. The van der Waals surface area contributed by atoms with Gasteiger partial charge in [-0.15, -0.1) is 0 Å². The zero-order valence-electron chi connectivity index (χ0n) is 12.9. The summed E-state index contributed by atoms with van der Waals surface area (Å²) in [5.41, 5.74) is -1.03. The number of rotatable bonds is 4. The molecule has 0 bridgehead atoms. The molecular formula is C15H26N2O4. The van der Waals surface area contributed by atoms with Crippen LogP contribution in [0.4, 0.5) is 4.79 Å². The Morgan fingerprint density at radius 1 is 1.38 bits per heavy atom. The van der Waals surface area contributed by atoms with E-state index in [-0.39, 0.29) is 19.2 Å². The molecule has 0 radical (unpaired) electrons. The lowest BCUT2D eigenvalue weighted by Crippen LogP contribution is -2.54. The number of nitrogens with one attached hydrogen (secondary N) is 1. The summed E-state index contributed by atoms with van der Waals surface area (Å²) in [6.07, 6.45) is 4.49. The summed E-state index contributed by atoms with van der Waals surface area (Å²) in [6.45, 7) is 5.74. The van der Waals surface area contributed by atoms with Crippen molar-refractivity contribution in [2.75, 3.05) is 26.3 Å². The van der Waals surface area contributed by atoms with E-state index in [1.54, 1.807) is 11.8 Å². The maximum absolute atomic E-state index is 12.3. The minimum absolute atomic E-state index is 0.145. The fourth-order valence-electron chi connectivity index (χ4n) is 3.16. The molecule has 6 heteroatoms. The van der Waals surface area contributed by atoms with Gasteiger partial charge in [0.1, 0.15) is 5.41 Å². The minimum atomic E-state index is -1.03. The van der Waals surface area contributed by atoms with Crippen LogP contribution in [0.5, 0.6) is 0 Å². The number of likely N-dealkylation sites (tertiary alicyclic amines) is 1. The van der Waals surface area contributed by atoms with Crippen molar-refractivity contribution in [3.63, 3.8) is 0 Å². The molecule has 2 heterocycles. The molecule has 2 aliphatic rings. The van der Waals surface area contributed by atoms with Gasteiger partial charge in [-0.3, -0.25) is 4.79 Å². The predicted octanol–water partition coefficient (Wildman–Crippen LogP) is 1.70. The Kier molecular flexibility index (Phi) is 5.08. The van der Waals surface area contributed by atoms with Crippen molar-refractivity contribution in [2.24, 2.45) is 11.3 Å². The van der Waals surface area contributed by atoms with Crippen molar-refractivity contribution in [2.45, 2.75) is 45.6 Å². The lowest BCUT2D eigenvalue weighted by atomic mass is 9.85. The maximum Gasteiger partial charge on any atom is 0.317 e. The molecule has 2 N–H and O–H groups in total. The molecule has 21 heavy (non-hydrogen) atoms. The van der Waals surface area contributed by atoms with Gasteiger partial charge in [0, 0.05) is 13.1 Å². The molecule has 2 amide bonds. The average Bonchev–Trinajstić information content (AvgIpc) is 2.83. The van der Waals surface area contributed by atoms with Crippen molar-refractivity contribution < 1.29 is 19.4 Å². The molecule has 0 aromatic carbocycles. The summed E-state index contributed by atoms with van der Waals surface area (Å²) in [4.78, 5) is 25.5. The molecule has 2 aliphatic heterocycles. The van der Waals surface area contributed by atoms with Crippen LogP contribution in [0.1, 0.15) is 39.5 Å². The topological polar surface area (TPSA) is 78.9 Å². The van der Waals surface area contributed by atoms with Crippen LogP contribution < -0.4 is 5.32 Å². The highest BCUT2D eigenvalue weighted by molar-refractivity contribution is 5.79. The molecule has 0 spiro atoms. The van der Waals surface area contributed by atoms with E-state index in [1.165, 1.54) is 12.8 Å². The van der Waals surface area contributed by atoms with Gasteiger partial charge in [0.2, 0.25) is 0 Å². The van der Waals surface area contributed by atoms with Gasteiger partial charge >= 0.3 is 12.0 Å². The van der Waals surface area contributed by atoms with Gasteiger partial charge in [-0.25, -0.2) is 4.79 Å². The molecular weight excluding hydrogens is 272 g/mol. The van der Waals surface area contributed by atoms with Gasteiger partial charge in [-0.2, -0.15) is 0 Å². The van der Waals surface area contributed by atoms with Crippen LogP contribution in [-0.2, 0) is 9.53 Å². The highest BCUT2D eigenvalue weighted by Gasteiger charge is 2.47. The number of carbonyl (C=O) groups excluding carboxylic acids is 1. The molecule has 0 saturated carbocycles. The molecule has 6 nitrogen and oxygen atoms in total. The summed E-state index contributed by atoms with van der Waals surface area (Å²) in [7, 11) is 0. The van der Waals surface area contributed by atoms with Crippen LogP contribution in [-0.4, -0.2) is 54.4 Å². The Hall–Kier alpha value is -1.30. The van der Waals surface area contributed by atoms with Crippen LogP contribution in [0.3, 0.4) is 0 Å². The fourth-order valence-corrected chi connectivity index (χ4v) is 3.16. The molecule has 2 saturated heterocycles. The van der Waals surface area contributed by atoms with E-state index in [4.69, 9.17) is 4.74 Å². The molecule has 2 unspecified atom stereocenters. The first-order chi connectivity index (χ1) is 9.97. The smallest absolute Gasteiger partial charge is 0.317 e. The molecule has 2 rings (SSSR count). The summed E-state index contributed by atoms with van der Waals surface area (Å²) >= 11 is 0. The third-order valence-corrected chi connectivity index (χ3v) is 4.84. The van der Waals surface area contributed by atoms with Crippen molar-refractivity contribution in [1.82, 2.24) is 10.2 Å². The van der Waals surface area contributed by atoms with Gasteiger partial charge in [0.25, 0.3) is 0 Å². The second-order valence-electron chi connectivity index (χ2n) is 6.46. The zero-order valence-corrected chi connectivity index (χ0v) is 12.9. The number of carbonyl (C=O) groups is 2. The highest BCUT2D eigenvalue weighted by atomic mass is 16.5. The Bertz CT molecular complexity index is 393. The molecule has 0 aromatic rings. The van der Waals surface area contributed by atoms with Crippen LogP contribution in [0.25, 0.3) is 0 Å². The maximum atomic E-state index is 12.3. The minimum Gasteiger partial charge on any atom is -0.481 e. The number of nitrogens with zero attached hydrogens (tertiary/aromatic N) is 1. The van der Waals surface area contributed by atoms with Gasteiger partial charge in [0.05, 0.1) is 19.3 Å². The van der Waals surface area contributed by atoms with Crippen LogP contribution in [0.2, 0.25) is 0 Å². The van der Waals surface area contributed by atoms with Crippen molar-refractivity contribution in [3.05, 3.63) is 0 Å². The van der Waals surface area contributed by atoms with Crippen LogP contribution >= 0.6 is 0 Å². The summed E-state index contributed by atoms with van der Waals surface area (Å²) in [5.74, 6) is -0.204. The van der Waals surface area contributed by atoms with E-state index in [9.17, 15) is 14.7 Å². The van der Waals surface area contributed by atoms with E-state index >= 15 is 0 Å². The summed E-state index contributed by atoms with van der Waals surface area (Å²) in [6, 6.07) is -0.621. The molecule has 0 aliphatic carbocycles.